The molecule has 0 spiro atoms. The fourth-order valence-corrected chi connectivity index (χ4v) is 4.93. The van der Waals surface area contributed by atoms with E-state index in [1.807, 2.05) is 19.0 Å². The fraction of sp³-hybridized carbons (Fsp3) is 0.452. The van der Waals surface area contributed by atoms with E-state index in [1.54, 1.807) is 6.07 Å². The molecule has 1 aliphatic rings. The van der Waals surface area contributed by atoms with Crippen molar-refractivity contribution >= 4 is 34.0 Å². The molecule has 0 saturated heterocycles. The van der Waals surface area contributed by atoms with Crippen molar-refractivity contribution in [2.24, 2.45) is 5.92 Å². The zero-order valence-electron chi connectivity index (χ0n) is 23.2. The summed E-state index contributed by atoms with van der Waals surface area (Å²) in [5, 5.41) is 6.84. The molecular formula is C31H37N5OReY-2. The van der Waals surface area contributed by atoms with Gasteiger partial charge in [0.2, 0.25) is 0 Å². The third-order valence-electron chi connectivity index (χ3n) is 7.16. The smallest absolute Gasteiger partial charge is 0.296 e. The van der Waals surface area contributed by atoms with E-state index >= 15 is 0 Å². The Kier molecular flexibility index (Phi) is 14.8. The molecule has 6 nitrogen and oxygen atoms in total. The van der Waals surface area contributed by atoms with Gasteiger partial charge in [0.05, 0.1) is 12.1 Å². The van der Waals surface area contributed by atoms with Crippen LogP contribution in [-0.2, 0) is 57.9 Å². The second-order valence-electron chi connectivity index (χ2n) is 10.2. The van der Waals surface area contributed by atoms with Gasteiger partial charge in [-0.3, -0.25) is 10.9 Å². The van der Waals surface area contributed by atoms with Crippen LogP contribution in [0.15, 0.2) is 36.7 Å². The summed E-state index contributed by atoms with van der Waals surface area (Å²) in [6.45, 7) is 3.18. The van der Waals surface area contributed by atoms with Crippen LogP contribution in [0.3, 0.4) is 0 Å². The average Bonchev–Trinajstić information content (AvgIpc) is 2.87. The van der Waals surface area contributed by atoms with E-state index in [4.69, 9.17) is 0 Å². The van der Waals surface area contributed by atoms with E-state index in [-0.39, 0.29) is 59.0 Å². The SMILES string of the molecule is CC(c1ccc(Nc2ncnc3c[c-]c(NC(=O)C#CCCN(C)C)[c-]c23)cc1)C1CCCCCCC1.[Re].[Y]. The molecule has 1 fully saturated rings. The zero-order valence-corrected chi connectivity index (χ0v) is 28.7. The van der Waals surface area contributed by atoms with E-state index in [1.165, 1.54) is 56.8 Å². The standard InChI is InChI=1S/C31H37N5O.Re.Y/c1-23(24-11-7-5-4-6-8-12-24)25-14-16-26(17-15-25)35-31-28-21-27(18-19-29(28)32-22-33-31)34-30(37)13-9-10-20-36(2)3;;/h14-17,19,22-24H,4-8,10-12,20H2,1-3H3,(H,34,37)(H,32,33,35);;/q-2;;. The van der Waals surface area contributed by atoms with Crippen LogP contribution in [0.2, 0.25) is 0 Å². The third-order valence-corrected chi connectivity index (χ3v) is 7.16. The number of hydrogen-bond acceptors (Lipinski definition) is 5. The maximum absolute atomic E-state index is 12.2. The quantitative estimate of drug-likeness (QED) is 0.218. The van der Waals surface area contributed by atoms with Gasteiger partial charge in [0.25, 0.3) is 5.91 Å². The minimum Gasteiger partial charge on any atom is -0.367 e. The monoisotopic (exact) mass is 771 g/mol. The van der Waals surface area contributed by atoms with E-state index in [9.17, 15) is 4.79 Å². The van der Waals surface area contributed by atoms with Crippen LogP contribution in [0.25, 0.3) is 10.9 Å². The number of benzene rings is 2. The first-order valence-corrected chi connectivity index (χ1v) is 13.4. The number of rotatable bonds is 7. The maximum Gasteiger partial charge on any atom is 0.296 e. The normalized spacial score (nSPS) is 14.6. The topological polar surface area (TPSA) is 70.1 Å². The molecule has 4 rings (SSSR count). The number of hydrogen-bond donors (Lipinski definition) is 2. The van der Waals surface area contributed by atoms with Gasteiger partial charge >= 0.3 is 0 Å². The minimum absolute atomic E-state index is 0. The molecule has 39 heavy (non-hydrogen) atoms. The summed E-state index contributed by atoms with van der Waals surface area (Å²) in [4.78, 5) is 23.0. The molecule has 1 aliphatic carbocycles. The largest absolute Gasteiger partial charge is 0.367 e. The van der Waals surface area contributed by atoms with Crippen LogP contribution < -0.4 is 10.6 Å². The summed E-state index contributed by atoms with van der Waals surface area (Å²) in [7, 11) is 3.95. The molecule has 1 saturated carbocycles. The molecule has 0 aliphatic heterocycles. The van der Waals surface area contributed by atoms with Gasteiger partial charge in [0.1, 0.15) is 0 Å². The number of anilines is 3. The summed E-state index contributed by atoms with van der Waals surface area (Å²) in [6.07, 6.45) is 11.7. The van der Waals surface area contributed by atoms with Crippen molar-refractivity contribution in [3.63, 3.8) is 0 Å². The van der Waals surface area contributed by atoms with Crippen molar-refractivity contribution in [2.45, 2.75) is 64.2 Å². The molecule has 3 aromatic rings. The summed E-state index contributed by atoms with van der Waals surface area (Å²) in [6, 6.07) is 16.6. The van der Waals surface area contributed by atoms with Crippen molar-refractivity contribution in [1.29, 1.82) is 0 Å². The first-order chi connectivity index (χ1) is 18.0. The van der Waals surface area contributed by atoms with Crippen molar-refractivity contribution in [3.05, 3.63) is 54.4 Å². The van der Waals surface area contributed by atoms with Crippen LogP contribution in [-0.4, -0.2) is 41.4 Å². The number of carbonyl (C=O) groups is 1. The second kappa shape index (κ2) is 17.2. The molecule has 2 aromatic carbocycles. The van der Waals surface area contributed by atoms with Crippen LogP contribution in [0.1, 0.15) is 69.8 Å². The van der Waals surface area contributed by atoms with Crippen molar-refractivity contribution in [1.82, 2.24) is 14.9 Å². The van der Waals surface area contributed by atoms with Gasteiger partial charge in [-0.05, 0) is 62.4 Å². The van der Waals surface area contributed by atoms with E-state index in [0.29, 0.717) is 34.7 Å². The second-order valence-corrected chi connectivity index (χ2v) is 10.2. The average molecular weight is 771 g/mol. The molecule has 0 bridgehead atoms. The number of fused-ring (bicyclic) bond motifs is 1. The fourth-order valence-electron chi connectivity index (χ4n) is 4.93. The number of nitrogens with one attached hydrogen (secondary N) is 2. The van der Waals surface area contributed by atoms with Crippen LogP contribution in [0, 0.1) is 29.9 Å². The number of aromatic nitrogens is 2. The zero-order chi connectivity index (χ0) is 26.0. The molecule has 1 atom stereocenters. The molecule has 2 N–H and O–H groups in total. The van der Waals surface area contributed by atoms with E-state index in [2.05, 4.69) is 75.8 Å². The van der Waals surface area contributed by atoms with Crippen molar-refractivity contribution in [3.8, 4) is 11.8 Å². The first-order valence-electron chi connectivity index (χ1n) is 13.4. The van der Waals surface area contributed by atoms with Gasteiger partial charge in [-0.2, -0.15) is 10.9 Å². The summed E-state index contributed by atoms with van der Waals surface area (Å²) >= 11 is 0. The van der Waals surface area contributed by atoms with Gasteiger partial charge in [-0.1, -0.05) is 57.1 Å². The Morgan fingerprint density at radius 1 is 1.10 bits per heavy atom. The number of nitrogens with zero attached hydrogens (tertiary/aromatic N) is 3. The summed E-state index contributed by atoms with van der Waals surface area (Å²) in [5.74, 6) is 7.09. The van der Waals surface area contributed by atoms with Crippen LogP contribution >= 0.6 is 0 Å². The Bertz CT molecular complexity index is 1250. The Balaban J connectivity index is 0.00000267. The van der Waals surface area contributed by atoms with E-state index < -0.39 is 0 Å². The summed E-state index contributed by atoms with van der Waals surface area (Å²) in [5.41, 5.74) is 3.46. The van der Waals surface area contributed by atoms with Gasteiger partial charge in [0.15, 0.2) is 0 Å². The van der Waals surface area contributed by atoms with Gasteiger partial charge in [0, 0.05) is 71.8 Å². The molecule has 1 heterocycles. The molecule has 1 amide bonds. The Hall–Kier alpha value is -1.66. The minimum atomic E-state index is -0.383. The van der Waals surface area contributed by atoms with Gasteiger partial charge < -0.3 is 32.7 Å². The predicted molar refractivity (Wildman–Crippen MR) is 151 cm³/mol. The molecule has 8 heteroatoms. The molecule has 1 aromatic heterocycles. The van der Waals surface area contributed by atoms with Gasteiger partial charge in [-0.15, -0.1) is 0 Å². The Morgan fingerprint density at radius 2 is 1.79 bits per heavy atom. The van der Waals surface area contributed by atoms with Crippen molar-refractivity contribution in [2.75, 3.05) is 31.3 Å². The number of carbonyl (C=O) groups excluding carboxylic acids is 1. The van der Waals surface area contributed by atoms with Gasteiger partial charge in [-0.25, -0.2) is 10.7 Å². The number of amides is 1. The predicted octanol–water partition coefficient (Wildman–Crippen LogP) is 6.33. The first kappa shape index (κ1) is 33.5. The Morgan fingerprint density at radius 3 is 2.49 bits per heavy atom. The Labute approximate surface area is 272 Å². The third kappa shape index (κ3) is 10.3. The van der Waals surface area contributed by atoms with Crippen LogP contribution in [0.4, 0.5) is 17.2 Å². The van der Waals surface area contributed by atoms with E-state index in [0.717, 1.165) is 18.2 Å². The molecule has 1 unspecified atom stereocenters. The van der Waals surface area contributed by atoms with Crippen molar-refractivity contribution < 1.29 is 57.9 Å². The summed E-state index contributed by atoms with van der Waals surface area (Å²) < 4.78 is 0. The molecule has 2 radical (unpaired) electrons. The van der Waals surface area contributed by atoms with Crippen LogP contribution in [0.5, 0.6) is 0 Å². The molecule has 204 valence electrons. The molecular weight excluding hydrogens is 733 g/mol. The maximum atomic E-state index is 12.2.